The Hall–Kier alpha value is -2.03. The van der Waals surface area contributed by atoms with Gasteiger partial charge in [-0.25, -0.2) is 0 Å². The van der Waals surface area contributed by atoms with Crippen molar-refractivity contribution in [3.05, 3.63) is 76.8 Å². The summed E-state index contributed by atoms with van der Waals surface area (Å²) in [5.74, 6) is 0.971. The average Bonchev–Trinajstić information content (AvgIpc) is 2.64. The number of benzene rings is 3. The SMILES string of the molecule is CCCCOc1ccc2ccccc2c1CNCc1ccccc1Cl. The summed E-state index contributed by atoms with van der Waals surface area (Å²) < 4.78 is 6.05. The topological polar surface area (TPSA) is 21.3 Å². The fraction of sp³-hybridized carbons (Fsp3) is 0.273. The van der Waals surface area contributed by atoms with E-state index in [2.05, 4.69) is 54.7 Å². The second-order valence-electron chi connectivity index (χ2n) is 6.16. The second-order valence-corrected chi connectivity index (χ2v) is 6.57. The molecule has 0 aromatic heterocycles. The van der Waals surface area contributed by atoms with E-state index in [0.29, 0.717) is 0 Å². The van der Waals surface area contributed by atoms with Gasteiger partial charge in [-0.1, -0.05) is 73.5 Å². The molecule has 0 atom stereocenters. The maximum Gasteiger partial charge on any atom is 0.124 e. The molecule has 3 aromatic rings. The lowest BCUT2D eigenvalue weighted by molar-refractivity contribution is 0.306. The van der Waals surface area contributed by atoms with Crippen LogP contribution in [0.4, 0.5) is 0 Å². The number of unbranched alkanes of at least 4 members (excludes halogenated alkanes) is 1. The maximum absolute atomic E-state index is 6.25. The molecule has 1 N–H and O–H groups in total. The zero-order chi connectivity index (χ0) is 17.5. The highest BCUT2D eigenvalue weighted by atomic mass is 35.5. The average molecular weight is 354 g/mol. The van der Waals surface area contributed by atoms with Gasteiger partial charge in [0.2, 0.25) is 0 Å². The monoisotopic (exact) mass is 353 g/mol. The van der Waals surface area contributed by atoms with Crippen LogP contribution in [0.1, 0.15) is 30.9 Å². The first-order valence-corrected chi connectivity index (χ1v) is 9.25. The van der Waals surface area contributed by atoms with Gasteiger partial charge in [-0.15, -0.1) is 0 Å². The van der Waals surface area contributed by atoms with Gasteiger partial charge < -0.3 is 10.1 Å². The van der Waals surface area contributed by atoms with Crippen LogP contribution in [-0.4, -0.2) is 6.61 Å². The molecule has 0 aliphatic rings. The van der Waals surface area contributed by atoms with Gasteiger partial charge in [0.15, 0.2) is 0 Å². The van der Waals surface area contributed by atoms with E-state index >= 15 is 0 Å². The molecule has 0 saturated carbocycles. The van der Waals surface area contributed by atoms with Crippen molar-refractivity contribution in [1.29, 1.82) is 0 Å². The van der Waals surface area contributed by atoms with Crippen LogP contribution in [0.25, 0.3) is 10.8 Å². The number of nitrogens with one attached hydrogen (secondary N) is 1. The molecule has 0 amide bonds. The minimum atomic E-state index is 0.733. The molecule has 0 heterocycles. The van der Waals surface area contributed by atoms with Crippen molar-refractivity contribution in [1.82, 2.24) is 5.32 Å². The van der Waals surface area contributed by atoms with Gasteiger partial charge in [0.25, 0.3) is 0 Å². The Balaban J connectivity index is 1.79. The van der Waals surface area contributed by atoms with Gasteiger partial charge in [0.05, 0.1) is 6.61 Å². The first-order chi connectivity index (χ1) is 12.3. The van der Waals surface area contributed by atoms with Gasteiger partial charge >= 0.3 is 0 Å². The Labute approximate surface area is 154 Å². The first kappa shape index (κ1) is 17.8. The molecule has 130 valence electrons. The summed E-state index contributed by atoms with van der Waals surface area (Å²) in [5.41, 5.74) is 2.32. The Morgan fingerprint density at radius 1 is 0.920 bits per heavy atom. The Morgan fingerprint density at radius 2 is 1.72 bits per heavy atom. The summed E-state index contributed by atoms with van der Waals surface area (Å²) in [5, 5.41) is 6.79. The Morgan fingerprint density at radius 3 is 2.56 bits per heavy atom. The molecule has 3 rings (SSSR count). The van der Waals surface area contributed by atoms with E-state index in [-0.39, 0.29) is 0 Å². The van der Waals surface area contributed by atoms with Gasteiger partial charge in [0, 0.05) is 23.7 Å². The number of rotatable bonds is 8. The Bertz CT molecular complexity index is 831. The molecule has 0 spiro atoms. The number of hydrogen-bond donors (Lipinski definition) is 1. The van der Waals surface area contributed by atoms with Crippen LogP contribution >= 0.6 is 11.6 Å². The highest BCUT2D eigenvalue weighted by Gasteiger charge is 2.09. The molecular formula is C22H24ClNO. The molecule has 25 heavy (non-hydrogen) atoms. The van der Waals surface area contributed by atoms with E-state index < -0.39 is 0 Å². The van der Waals surface area contributed by atoms with Gasteiger partial charge in [-0.05, 0) is 34.9 Å². The lowest BCUT2D eigenvalue weighted by atomic mass is 10.0. The van der Waals surface area contributed by atoms with Crippen LogP contribution in [0.15, 0.2) is 60.7 Å². The summed E-state index contributed by atoms with van der Waals surface area (Å²) in [6.45, 7) is 4.41. The Kier molecular flexibility index (Phi) is 6.32. The minimum absolute atomic E-state index is 0.733. The molecule has 0 fully saturated rings. The van der Waals surface area contributed by atoms with Crippen molar-refractivity contribution in [2.45, 2.75) is 32.9 Å². The first-order valence-electron chi connectivity index (χ1n) is 8.87. The van der Waals surface area contributed by atoms with Crippen molar-refractivity contribution in [2.75, 3.05) is 6.61 Å². The molecule has 3 heteroatoms. The van der Waals surface area contributed by atoms with Crippen molar-refractivity contribution in [3.8, 4) is 5.75 Å². The summed E-state index contributed by atoms with van der Waals surface area (Å²) >= 11 is 6.25. The van der Waals surface area contributed by atoms with Crippen LogP contribution in [0, 0.1) is 0 Å². The number of fused-ring (bicyclic) bond motifs is 1. The zero-order valence-electron chi connectivity index (χ0n) is 14.6. The van der Waals surface area contributed by atoms with Crippen molar-refractivity contribution < 1.29 is 4.74 Å². The van der Waals surface area contributed by atoms with Crippen LogP contribution in [0.2, 0.25) is 5.02 Å². The predicted octanol–water partition coefficient (Wildman–Crippen LogP) is 5.96. The van der Waals surface area contributed by atoms with E-state index in [0.717, 1.165) is 48.9 Å². The molecule has 0 aliphatic carbocycles. The molecule has 0 saturated heterocycles. The van der Waals surface area contributed by atoms with Gasteiger partial charge in [-0.2, -0.15) is 0 Å². The summed E-state index contributed by atoms with van der Waals surface area (Å²) in [4.78, 5) is 0. The fourth-order valence-electron chi connectivity index (χ4n) is 2.92. The van der Waals surface area contributed by atoms with Crippen molar-refractivity contribution in [2.24, 2.45) is 0 Å². The summed E-state index contributed by atoms with van der Waals surface area (Å²) in [7, 11) is 0. The van der Waals surface area contributed by atoms with Crippen LogP contribution in [0.3, 0.4) is 0 Å². The molecule has 2 nitrogen and oxygen atoms in total. The van der Waals surface area contributed by atoms with Crippen molar-refractivity contribution >= 4 is 22.4 Å². The van der Waals surface area contributed by atoms with E-state index in [1.807, 2.05) is 18.2 Å². The van der Waals surface area contributed by atoms with Gasteiger partial charge in [0.1, 0.15) is 5.75 Å². The van der Waals surface area contributed by atoms with E-state index in [9.17, 15) is 0 Å². The van der Waals surface area contributed by atoms with Gasteiger partial charge in [-0.3, -0.25) is 0 Å². The molecule has 0 aliphatic heterocycles. The number of hydrogen-bond acceptors (Lipinski definition) is 2. The number of halogens is 1. The maximum atomic E-state index is 6.25. The van der Waals surface area contributed by atoms with E-state index in [4.69, 9.17) is 16.3 Å². The van der Waals surface area contributed by atoms with Crippen LogP contribution in [-0.2, 0) is 13.1 Å². The van der Waals surface area contributed by atoms with Crippen LogP contribution < -0.4 is 10.1 Å². The predicted molar refractivity (Wildman–Crippen MR) is 106 cm³/mol. The normalized spacial score (nSPS) is 11.0. The lowest BCUT2D eigenvalue weighted by Gasteiger charge is -2.15. The third-order valence-electron chi connectivity index (χ3n) is 4.33. The third kappa shape index (κ3) is 4.53. The lowest BCUT2D eigenvalue weighted by Crippen LogP contribution is -2.14. The second kappa shape index (κ2) is 8.89. The molecule has 0 bridgehead atoms. The number of ether oxygens (including phenoxy) is 1. The van der Waals surface area contributed by atoms with Crippen molar-refractivity contribution in [3.63, 3.8) is 0 Å². The highest BCUT2D eigenvalue weighted by molar-refractivity contribution is 6.31. The van der Waals surface area contributed by atoms with Crippen LogP contribution in [0.5, 0.6) is 5.75 Å². The molecule has 3 aromatic carbocycles. The van der Waals surface area contributed by atoms with E-state index in [1.165, 1.54) is 16.3 Å². The quantitative estimate of drug-likeness (QED) is 0.504. The smallest absolute Gasteiger partial charge is 0.124 e. The zero-order valence-corrected chi connectivity index (χ0v) is 15.4. The minimum Gasteiger partial charge on any atom is -0.493 e. The molecule has 0 unspecified atom stereocenters. The standard InChI is InChI=1S/C22H24ClNO/c1-2-3-14-25-22-13-12-17-8-4-6-10-19(17)20(22)16-24-15-18-9-5-7-11-21(18)23/h4-13,24H,2-3,14-16H2,1H3. The largest absolute Gasteiger partial charge is 0.493 e. The highest BCUT2D eigenvalue weighted by Crippen LogP contribution is 2.28. The molecule has 0 radical (unpaired) electrons. The summed E-state index contributed by atoms with van der Waals surface area (Å²) in [6.07, 6.45) is 2.20. The summed E-state index contributed by atoms with van der Waals surface area (Å²) in [6, 6.07) is 20.6. The third-order valence-corrected chi connectivity index (χ3v) is 4.70. The fourth-order valence-corrected chi connectivity index (χ4v) is 3.13. The molecular weight excluding hydrogens is 330 g/mol. The van der Waals surface area contributed by atoms with E-state index in [1.54, 1.807) is 0 Å².